The van der Waals surface area contributed by atoms with Crippen LogP contribution in [0, 0.1) is 0 Å². The molecular weight excluding hydrogens is 230 g/mol. The Morgan fingerprint density at radius 1 is 1.11 bits per heavy atom. The third-order valence-electron chi connectivity index (χ3n) is 3.90. The molecule has 1 amide bonds. The fraction of sp³-hybridized carbons (Fsp3) is 0.786. The van der Waals surface area contributed by atoms with Crippen LogP contribution in [-0.2, 0) is 14.3 Å². The zero-order valence-corrected chi connectivity index (χ0v) is 11.1. The Labute approximate surface area is 109 Å². The molecule has 2 N–H and O–H groups in total. The Bertz CT molecular complexity index is 306. The van der Waals surface area contributed by atoms with Crippen LogP contribution in [0.15, 0.2) is 11.1 Å². The topological polar surface area (TPSA) is 61.6 Å². The van der Waals surface area contributed by atoms with Crippen LogP contribution in [0.5, 0.6) is 0 Å². The summed E-state index contributed by atoms with van der Waals surface area (Å²) in [6.45, 7) is 3.50. The zero-order valence-electron chi connectivity index (χ0n) is 11.1. The van der Waals surface area contributed by atoms with E-state index in [9.17, 15) is 4.79 Å². The maximum Gasteiger partial charge on any atom is 0.244 e. The number of rotatable bonds is 5. The maximum absolute atomic E-state index is 11.4. The first-order chi connectivity index (χ1) is 8.66. The summed E-state index contributed by atoms with van der Waals surface area (Å²) in [5.74, 6) is -0.319. The number of ether oxygens (including phenoxy) is 2. The molecule has 0 radical (unpaired) electrons. The minimum Gasteiger partial charge on any atom is -0.378 e. The van der Waals surface area contributed by atoms with Crippen LogP contribution >= 0.6 is 0 Å². The van der Waals surface area contributed by atoms with E-state index in [1.54, 1.807) is 0 Å². The molecule has 2 aliphatic rings. The second kappa shape index (κ2) is 6.34. The molecule has 0 spiro atoms. The normalized spacial score (nSPS) is 27.4. The third kappa shape index (κ3) is 3.56. The molecular formula is C14H23NO3. The predicted molar refractivity (Wildman–Crippen MR) is 69.1 cm³/mol. The lowest BCUT2D eigenvalue weighted by molar-refractivity contribution is -0.114. The van der Waals surface area contributed by atoms with Gasteiger partial charge in [-0.15, -0.1) is 0 Å². The minimum absolute atomic E-state index is 0.260. The van der Waals surface area contributed by atoms with Crippen molar-refractivity contribution in [2.24, 2.45) is 5.73 Å². The number of hydrogen-bond acceptors (Lipinski definition) is 3. The zero-order chi connectivity index (χ0) is 13.0. The Kier molecular flexibility index (Phi) is 4.78. The van der Waals surface area contributed by atoms with Crippen LogP contribution < -0.4 is 5.73 Å². The summed E-state index contributed by atoms with van der Waals surface area (Å²) in [6, 6.07) is 0. The lowest BCUT2D eigenvalue weighted by Gasteiger charge is -2.18. The number of amides is 1. The fourth-order valence-corrected chi connectivity index (χ4v) is 2.72. The molecule has 2 atom stereocenters. The first-order valence-electron chi connectivity index (χ1n) is 6.88. The monoisotopic (exact) mass is 253 g/mol. The van der Waals surface area contributed by atoms with Gasteiger partial charge in [-0.1, -0.05) is 5.57 Å². The van der Waals surface area contributed by atoms with E-state index in [1.807, 2.05) is 6.92 Å². The highest BCUT2D eigenvalue weighted by atomic mass is 16.5. The second-order valence-electron chi connectivity index (χ2n) is 5.27. The molecule has 18 heavy (non-hydrogen) atoms. The van der Waals surface area contributed by atoms with Crippen molar-refractivity contribution < 1.29 is 14.3 Å². The molecule has 4 heteroatoms. The lowest BCUT2D eigenvalue weighted by atomic mass is 9.94. The molecule has 2 rings (SSSR count). The van der Waals surface area contributed by atoms with Gasteiger partial charge in [0.1, 0.15) is 0 Å². The molecule has 0 aromatic rings. The maximum atomic E-state index is 11.4. The van der Waals surface area contributed by atoms with Crippen LogP contribution in [0.2, 0.25) is 0 Å². The van der Waals surface area contributed by atoms with Crippen LogP contribution in [0.1, 0.15) is 45.4 Å². The highest BCUT2D eigenvalue weighted by Gasteiger charge is 2.23. The van der Waals surface area contributed by atoms with Crippen LogP contribution in [0.25, 0.3) is 0 Å². The van der Waals surface area contributed by atoms with E-state index in [-0.39, 0.29) is 18.1 Å². The molecule has 0 saturated carbocycles. The average molecular weight is 253 g/mol. The first-order valence-corrected chi connectivity index (χ1v) is 6.88. The number of hydrogen-bond donors (Lipinski definition) is 1. The average Bonchev–Trinajstić information content (AvgIpc) is 2.99. The van der Waals surface area contributed by atoms with Crippen molar-refractivity contribution in [3.63, 3.8) is 0 Å². The molecule has 102 valence electrons. The number of primary amides is 1. The van der Waals surface area contributed by atoms with Gasteiger partial charge in [-0.25, -0.2) is 0 Å². The first kappa shape index (κ1) is 13.6. The van der Waals surface area contributed by atoms with Crippen molar-refractivity contribution >= 4 is 5.91 Å². The molecule has 2 unspecified atom stereocenters. The summed E-state index contributed by atoms with van der Waals surface area (Å²) in [5.41, 5.74) is 7.23. The van der Waals surface area contributed by atoms with Gasteiger partial charge < -0.3 is 15.2 Å². The Hall–Kier alpha value is -0.870. The molecule has 0 aromatic carbocycles. The summed E-state index contributed by atoms with van der Waals surface area (Å²) in [6.07, 6.45) is 6.58. The van der Waals surface area contributed by atoms with Gasteiger partial charge in [0.15, 0.2) is 0 Å². The van der Waals surface area contributed by atoms with Crippen molar-refractivity contribution in [2.45, 2.75) is 57.7 Å². The highest BCUT2D eigenvalue weighted by molar-refractivity contribution is 5.92. The minimum atomic E-state index is -0.319. The second-order valence-corrected chi connectivity index (χ2v) is 5.27. The number of carbonyl (C=O) groups is 1. The van der Waals surface area contributed by atoms with E-state index in [0.29, 0.717) is 5.57 Å². The largest absolute Gasteiger partial charge is 0.378 e. The molecule has 2 saturated heterocycles. The van der Waals surface area contributed by atoms with Crippen molar-refractivity contribution in [1.82, 2.24) is 0 Å². The SMILES string of the molecule is CC(C(N)=O)=C(CC1CCCO1)CC1CCCO1. The van der Waals surface area contributed by atoms with Gasteiger partial charge in [0.25, 0.3) is 0 Å². The van der Waals surface area contributed by atoms with Gasteiger partial charge in [-0.05, 0) is 45.4 Å². The third-order valence-corrected chi connectivity index (χ3v) is 3.90. The van der Waals surface area contributed by atoms with E-state index >= 15 is 0 Å². The molecule has 2 aliphatic heterocycles. The van der Waals surface area contributed by atoms with Crippen LogP contribution in [0.4, 0.5) is 0 Å². The van der Waals surface area contributed by atoms with E-state index in [4.69, 9.17) is 15.2 Å². The van der Waals surface area contributed by atoms with Crippen LogP contribution in [0.3, 0.4) is 0 Å². The summed E-state index contributed by atoms with van der Waals surface area (Å²) in [7, 11) is 0. The van der Waals surface area contributed by atoms with Gasteiger partial charge in [-0.2, -0.15) is 0 Å². The molecule has 4 nitrogen and oxygen atoms in total. The van der Waals surface area contributed by atoms with Crippen molar-refractivity contribution in [1.29, 1.82) is 0 Å². The Balaban J connectivity index is 2.01. The van der Waals surface area contributed by atoms with Crippen molar-refractivity contribution in [2.75, 3.05) is 13.2 Å². The highest BCUT2D eigenvalue weighted by Crippen LogP contribution is 2.28. The lowest BCUT2D eigenvalue weighted by Crippen LogP contribution is -2.19. The van der Waals surface area contributed by atoms with E-state index < -0.39 is 0 Å². The van der Waals surface area contributed by atoms with Gasteiger partial charge in [0.05, 0.1) is 12.2 Å². The van der Waals surface area contributed by atoms with Crippen molar-refractivity contribution in [3.8, 4) is 0 Å². The van der Waals surface area contributed by atoms with E-state index in [1.165, 1.54) is 0 Å². The number of carbonyl (C=O) groups excluding carboxylic acids is 1. The fourth-order valence-electron chi connectivity index (χ4n) is 2.72. The molecule has 0 aromatic heterocycles. The van der Waals surface area contributed by atoms with Gasteiger partial charge in [-0.3, -0.25) is 4.79 Å². The van der Waals surface area contributed by atoms with E-state index in [0.717, 1.165) is 57.3 Å². The Morgan fingerprint density at radius 3 is 1.94 bits per heavy atom. The molecule has 0 bridgehead atoms. The quantitative estimate of drug-likeness (QED) is 0.761. The number of nitrogens with two attached hydrogens (primary N) is 1. The van der Waals surface area contributed by atoms with Crippen molar-refractivity contribution in [3.05, 3.63) is 11.1 Å². The summed E-state index contributed by atoms with van der Waals surface area (Å²) < 4.78 is 11.3. The molecule has 2 fully saturated rings. The van der Waals surface area contributed by atoms with Crippen LogP contribution in [-0.4, -0.2) is 31.3 Å². The summed E-state index contributed by atoms with van der Waals surface area (Å²) >= 11 is 0. The van der Waals surface area contributed by atoms with Gasteiger partial charge in [0.2, 0.25) is 5.91 Å². The molecule has 2 heterocycles. The molecule has 0 aliphatic carbocycles. The summed E-state index contributed by atoms with van der Waals surface area (Å²) in [4.78, 5) is 11.4. The Morgan fingerprint density at radius 2 is 1.61 bits per heavy atom. The smallest absolute Gasteiger partial charge is 0.244 e. The van der Waals surface area contributed by atoms with Gasteiger partial charge >= 0.3 is 0 Å². The predicted octanol–water partition coefficient (Wildman–Crippen LogP) is 1.93. The summed E-state index contributed by atoms with van der Waals surface area (Å²) in [5, 5.41) is 0. The van der Waals surface area contributed by atoms with Gasteiger partial charge in [0, 0.05) is 18.8 Å². The standard InChI is InChI=1S/C14H23NO3/c1-10(14(15)16)11(8-12-4-2-6-17-12)9-13-5-3-7-18-13/h12-13H,2-9H2,1H3,(H2,15,16). The van der Waals surface area contributed by atoms with E-state index in [2.05, 4.69) is 0 Å².